The highest BCUT2D eigenvalue weighted by atomic mass is 16.5. The molecule has 0 saturated carbocycles. The molecule has 99 valence electrons. The highest BCUT2D eigenvalue weighted by Gasteiger charge is 2.46. The van der Waals surface area contributed by atoms with Gasteiger partial charge in [-0.3, -0.25) is 4.79 Å². The lowest BCUT2D eigenvalue weighted by Gasteiger charge is -2.50. The first-order valence-corrected chi connectivity index (χ1v) is 6.46. The van der Waals surface area contributed by atoms with E-state index in [0.717, 1.165) is 19.3 Å². The van der Waals surface area contributed by atoms with Crippen molar-refractivity contribution in [3.8, 4) is 0 Å². The van der Waals surface area contributed by atoms with Crippen LogP contribution in [0.15, 0.2) is 0 Å². The molecule has 1 aliphatic heterocycles. The fourth-order valence-corrected chi connectivity index (χ4v) is 2.89. The third kappa shape index (κ3) is 3.42. The molecule has 1 N–H and O–H groups in total. The van der Waals surface area contributed by atoms with Crippen molar-refractivity contribution in [1.82, 2.24) is 10.4 Å². The molecule has 0 bridgehead atoms. The van der Waals surface area contributed by atoms with Gasteiger partial charge in [0.2, 0.25) is 5.91 Å². The predicted octanol–water partition coefficient (Wildman–Crippen LogP) is 2.27. The van der Waals surface area contributed by atoms with Crippen molar-refractivity contribution in [2.75, 3.05) is 0 Å². The zero-order chi connectivity index (χ0) is 13.3. The molecule has 1 aliphatic rings. The van der Waals surface area contributed by atoms with Gasteiger partial charge in [0, 0.05) is 23.5 Å². The average molecular weight is 241 g/mol. The molecule has 1 saturated heterocycles. The summed E-state index contributed by atoms with van der Waals surface area (Å²) in [7, 11) is 0. The number of hydroxylamine groups is 2. The van der Waals surface area contributed by atoms with Gasteiger partial charge in [0.25, 0.3) is 0 Å². The standard InChI is InChI=1S/C13H25N2O2/c1-6-7-11(16)14-10-8-12(2,3)15(17)13(4,5)9-10/h10H,6-9H2,1-5H3,(H,14,16). The number of piperidine rings is 1. The van der Waals surface area contributed by atoms with Crippen LogP contribution in [0.1, 0.15) is 60.3 Å². The number of carbonyl (C=O) groups is 1. The molecule has 0 aromatic carbocycles. The summed E-state index contributed by atoms with van der Waals surface area (Å²) in [5.74, 6) is 0.100. The Bertz CT molecular complexity index is 269. The number of hydrogen-bond acceptors (Lipinski definition) is 2. The van der Waals surface area contributed by atoms with Gasteiger partial charge in [-0.15, -0.1) is 10.3 Å². The van der Waals surface area contributed by atoms with Crippen LogP contribution in [-0.4, -0.2) is 28.1 Å². The molecule has 0 aromatic heterocycles. The minimum atomic E-state index is -0.411. The van der Waals surface area contributed by atoms with E-state index in [1.807, 2.05) is 34.6 Å². The van der Waals surface area contributed by atoms with Crippen molar-refractivity contribution in [1.29, 1.82) is 0 Å². The number of nitrogens with one attached hydrogen (secondary N) is 1. The van der Waals surface area contributed by atoms with E-state index in [4.69, 9.17) is 0 Å². The molecule has 1 heterocycles. The van der Waals surface area contributed by atoms with Crippen LogP contribution in [0.2, 0.25) is 0 Å². The van der Waals surface area contributed by atoms with E-state index in [2.05, 4.69) is 5.32 Å². The van der Waals surface area contributed by atoms with E-state index in [0.29, 0.717) is 6.42 Å². The van der Waals surface area contributed by atoms with E-state index in [1.54, 1.807) is 0 Å². The van der Waals surface area contributed by atoms with E-state index < -0.39 is 11.1 Å². The fourth-order valence-electron chi connectivity index (χ4n) is 2.89. The number of nitrogens with zero attached hydrogens (tertiary/aromatic N) is 1. The van der Waals surface area contributed by atoms with Gasteiger partial charge in [0.15, 0.2) is 0 Å². The summed E-state index contributed by atoms with van der Waals surface area (Å²) in [6, 6.07) is 0.115. The van der Waals surface area contributed by atoms with E-state index in [9.17, 15) is 10.0 Å². The van der Waals surface area contributed by atoms with Crippen molar-refractivity contribution in [2.45, 2.75) is 77.4 Å². The summed E-state index contributed by atoms with van der Waals surface area (Å²) >= 11 is 0. The van der Waals surface area contributed by atoms with Crippen molar-refractivity contribution in [2.24, 2.45) is 0 Å². The second-order valence-electron chi connectivity index (χ2n) is 6.34. The van der Waals surface area contributed by atoms with Crippen LogP contribution in [-0.2, 0) is 10.0 Å². The van der Waals surface area contributed by atoms with E-state index >= 15 is 0 Å². The van der Waals surface area contributed by atoms with Gasteiger partial charge in [-0.1, -0.05) is 6.92 Å². The largest absolute Gasteiger partial charge is 0.353 e. The quantitative estimate of drug-likeness (QED) is 0.824. The highest BCUT2D eigenvalue weighted by molar-refractivity contribution is 5.76. The van der Waals surface area contributed by atoms with Gasteiger partial charge in [0.05, 0.1) is 0 Å². The Morgan fingerprint density at radius 1 is 1.24 bits per heavy atom. The molecular weight excluding hydrogens is 216 g/mol. The number of rotatable bonds is 3. The smallest absolute Gasteiger partial charge is 0.220 e. The molecule has 0 unspecified atom stereocenters. The van der Waals surface area contributed by atoms with Gasteiger partial charge in [-0.2, -0.15) is 0 Å². The third-order valence-electron chi connectivity index (χ3n) is 3.43. The van der Waals surface area contributed by atoms with Gasteiger partial charge < -0.3 is 5.32 Å². The molecule has 0 atom stereocenters. The summed E-state index contributed by atoms with van der Waals surface area (Å²) in [5, 5.41) is 16.4. The molecule has 0 spiro atoms. The summed E-state index contributed by atoms with van der Waals surface area (Å²) in [6.45, 7) is 9.77. The Morgan fingerprint density at radius 3 is 2.12 bits per heavy atom. The maximum Gasteiger partial charge on any atom is 0.220 e. The van der Waals surface area contributed by atoms with E-state index in [-0.39, 0.29) is 11.9 Å². The van der Waals surface area contributed by atoms with Crippen LogP contribution in [0.4, 0.5) is 0 Å². The van der Waals surface area contributed by atoms with Crippen LogP contribution in [0, 0.1) is 0 Å². The molecule has 1 fully saturated rings. The van der Waals surface area contributed by atoms with Crippen LogP contribution in [0.5, 0.6) is 0 Å². The van der Waals surface area contributed by atoms with Crippen molar-refractivity contribution in [3.63, 3.8) is 0 Å². The predicted molar refractivity (Wildman–Crippen MR) is 66.8 cm³/mol. The first-order valence-electron chi connectivity index (χ1n) is 6.46. The first kappa shape index (κ1) is 14.5. The molecule has 0 aliphatic carbocycles. The minimum absolute atomic E-state index is 0.100. The second-order valence-corrected chi connectivity index (χ2v) is 6.34. The Balaban J connectivity index is 2.68. The van der Waals surface area contributed by atoms with Gasteiger partial charge in [-0.05, 0) is 47.0 Å². The average Bonchev–Trinajstić information content (AvgIpc) is 2.13. The summed E-state index contributed by atoms with van der Waals surface area (Å²) in [6.07, 6.45) is 2.86. The van der Waals surface area contributed by atoms with Crippen LogP contribution < -0.4 is 5.32 Å². The maximum atomic E-state index is 12.1. The molecule has 4 heteroatoms. The van der Waals surface area contributed by atoms with Crippen LogP contribution >= 0.6 is 0 Å². The van der Waals surface area contributed by atoms with Gasteiger partial charge in [0.1, 0.15) is 0 Å². The summed E-state index contributed by atoms with van der Waals surface area (Å²) in [4.78, 5) is 11.6. The second kappa shape index (κ2) is 4.94. The first-order chi connectivity index (χ1) is 7.69. The maximum absolute atomic E-state index is 12.1. The Morgan fingerprint density at radius 2 is 1.71 bits per heavy atom. The van der Waals surface area contributed by atoms with Gasteiger partial charge in [-0.25, -0.2) is 0 Å². The summed E-state index contributed by atoms with van der Waals surface area (Å²) < 4.78 is 0. The normalized spacial score (nSPS) is 24.6. The zero-order valence-corrected chi connectivity index (χ0v) is 11.7. The van der Waals surface area contributed by atoms with Crippen molar-refractivity contribution in [3.05, 3.63) is 0 Å². The lowest BCUT2D eigenvalue weighted by molar-refractivity contribution is -0.290. The van der Waals surface area contributed by atoms with Crippen LogP contribution in [0.3, 0.4) is 0 Å². The lowest BCUT2D eigenvalue weighted by atomic mass is 9.79. The fraction of sp³-hybridized carbons (Fsp3) is 0.923. The Kier molecular flexibility index (Phi) is 4.20. The van der Waals surface area contributed by atoms with Crippen molar-refractivity contribution < 1.29 is 10.0 Å². The molecular formula is C13H25N2O2. The van der Waals surface area contributed by atoms with Crippen molar-refractivity contribution >= 4 is 5.91 Å². The molecule has 1 radical (unpaired) electrons. The van der Waals surface area contributed by atoms with E-state index in [1.165, 1.54) is 5.06 Å². The SMILES string of the molecule is CCCC(=O)NC1CC(C)(C)N([O])C(C)(C)C1. The molecule has 0 aromatic rings. The highest BCUT2D eigenvalue weighted by Crippen LogP contribution is 2.36. The topological polar surface area (TPSA) is 52.2 Å². The molecule has 1 rings (SSSR count). The number of hydrogen-bond donors (Lipinski definition) is 1. The van der Waals surface area contributed by atoms with Gasteiger partial charge >= 0.3 is 0 Å². The monoisotopic (exact) mass is 241 g/mol. The van der Waals surface area contributed by atoms with Crippen LogP contribution in [0.25, 0.3) is 0 Å². The Labute approximate surface area is 104 Å². The zero-order valence-electron chi connectivity index (χ0n) is 11.7. The Hall–Kier alpha value is -0.610. The molecule has 1 amide bonds. The molecule has 4 nitrogen and oxygen atoms in total. The number of carbonyl (C=O) groups excluding carboxylic acids is 1. The summed E-state index contributed by atoms with van der Waals surface area (Å²) in [5.41, 5.74) is -0.822. The minimum Gasteiger partial charge on any atom is -0.353 e. The lowest BCUT2D eigenvalue weighted by Crippen LogP contribution is -2.62. The molecule has 17 heavy (non-hydrogen) atoms. The third-order valence-corrected chi connectivity index (χ3v) is 3.43. The number of amides is 1.